The number of sulfonamides is 1. The van der Waals surface area contributed by atoms with Crippen molar-refractivity contribution in [2.45, 2.75) is 18.7 Å². The highest BCUT2D eigenvalue weighted by atomic mass is 32.2. The standard InChI is InChI=1S/C13H18N2O3S/c1-4-9-14-19(17,18)12-7-5-11(6-8-12)15-13(16)10(2)3/h4-8,10,14H,1,9H2,2-3H3,(H,15,16). The van der Waals surface area contributed by atoms with E-state index in [9.17, 15) is 13.2 Å². The second-order valence-electron chi connectivity index (χ2n) is 4.31. The molecule has 0 fully saturated rings. The molecule has 0 aromatic heterocycles. The number of rotatable bonds is 6. The molecule has 0 spiro atoms. The maximum absolute atomic E-state index is 11.8. The van der Waals surface area contributed by atoms with Gasteiger partial charge in [0.2, 0.25) is 15.9 Å². The molecule has 2 N–H and O–H groups in total. The minimum Gasteiger partial charge on any atom is -0.326 e. The van der Waals surface area contributed by atoms with Crippen molar-refractivity contribution in [2.24, 2.45) is 5.92 Å². The quantitative estimate of drug-likeness (QED) is 0.780. The SMILES string of the molecule is C=CCNS(=O)(=O)c1ccc(NC(=O)C(C)C)cc1. The van der Waals surface area contributed by atoms with Gasteiger partial charge >= 0.3 is 0 Å². The number of hydrogen-bond donors (Lipinski definition) is 2. The zero-order valence-corrected chi connectivity index (χ0v) is 11.8. The molecule has 1 rings (SSSR count). The van der Waals surface area contributed by atoms with Crippen LogP contribution in [0.4, 0.5) is 5.69 Å². The van der Waals surface area contributed by atoms with Crippen LogP contribution in [-0.4, -0.2) is 20.9 Å². The average Bonchev–Trinajstić information content (AvgIpc) is 2.37. The van der Waals surface area contributed by atoms with Gasteiger partial charge in [0.1, 0.15) is 0 Å². The summed E-state index contributed by atoms with van der Waals surface area (Å²) < 4.78 is 25.9. The third kappa shape index (κ3) is 4.50. The molecule has 0 unspecified atom stereocenters. The molecule has 1 amide bonds. The number of benzene rings is 1. The Balaban J connectivity index is 2.82. The highest BCUT2D eigenvalue weighted by Gasteiger charge is 2.13. The molecule has 1 aromatic carbocycles. The molecule has 0 aliphatic heterocycles. The van der Waals surface area contributed by atoms with E-state index in [2.05, 4.69) is 16.6 Å². The first-order chi connectivity index (χ1) is 8.86. The average molecular weight is 282 g/mol. The summed E-state index contributed by atoms with van der Waals surface area (Å²) in [5.41, 5.74) is 0.571. The van der Waals surface area contributed by atoms with Gasteiger partial charge in [-0.25, -0.2) is 13.1 Å². The number of hydrogen-bond acceptors (Lipinski definition) is 3. The predicted octanol–water partition coefficient (Wildman–Crippen LogP) is 1.75. The zero-order chi connectivity index (χ0) is 14.5. The van der Waals surface area contributed by atoms with Gasteiger partial charge in [-0.1, -0.05) is 19.9 Å². The van der Waals surface area contributed by atoms with E-state index in [1.807, 2.05) is 0 Å². The fraction of sp³-hybridized carbons (Fsp3) is 0.308. The lowest BCUT2D eigenvalue weighted by molar-refractivity contribution is -0.118. The van der Waals surface area contributed by atoms with E-state index in [4.69, 9.17) is 0 Å². The molecule has 0 aliphatic rings. The van der Waals surface area contributed by atoms with E-state index in [-0.39, 0.29) is 23.3 Å². The summed E-state index contributed by atoms with van der Waals surface area (Å²) in [7, 11) is -3.52. The molecule has 19 heavy (non-hydrogen) atoms. The van der Waals surface area contributed by atoms with Crippen molar-refractivity contribution >= 4 is 21.6 Å². The van der Waals surface area contributed by atoms with Crippen molar-refractivity contribution in [2.75, 3.05) is 11.9 Å². The maximum atomic E-state index is 11.8. The van der Waals surface area contributed by atoms with Crippen LogP contribution in [-0.2, 0) is 14.8 Å². The molecule has 0 bridgehead atoms. The zero-order valence-electron chi connectivity index (χ0n) is 11.0. The molecule has 104 valence electrons. The van der Waals surface area contributed by atoms with Crippen molar-refractivity contribution in [3.8, 4) is 0 Å². The van der Waals surface area contributed by atoms with E-state index in [0.717, 1.165) is 0 Å². The minimum atomic E-state index is -3.52. The van der Waals surface area contributed by atoms with E-state index in [1.54, 1.807) is 26.0 Å². The van der Waals surface area contributed by atoms with Crippen LogP contribution in [0.5, 0.6) is 0 Å². The van der Waals surface area contributed by atoms with Gasteiger partial charge in [-0.3, -0.25) is 4.79 Å². The van der Waals surface area contributed by atoms with Crippen molar-refractivity contribution in [1.82, 2.24) is 4.72 Å². The molecule has 0 atom stereocenters. The third-order valence-corrected chi connectivity index (χ3v) is 3.81. The van der Waals surface area contributed by atoms with Gasteiger partial charge in [0.05, 0.1) is 4.90 Å². The summed E-state index contributed by atoms with van der Waals surface area (Å²) in [5.74, 6) is -0.238. The summed E-state index contributed by atoms with van der Waals surface area (Å²) in [4.78, 5) is 11.6. The lowest BCUT2D eigenvalue weighted by atomic mass is 10.2. The highest BCUT2D eigenvalue weighted by Crippen LogP contribution is 2.14. The van der Waals surface area contributed by atoms with Gasteiger partial charge in [0.15, 0.2) is 0 Å². The fourth-order valence-electron chi connectivity index (χ4n) is 1.26. The minimum absolute atomic E-state index is 0.111. The Labute approximate surface area is 113 Å². The summed E-state index contributed by atoms with van der Waals surface area (Å²) in [6.45, 7) is 7.19. The van der Waals surface area contributed by atoms with Crippen LogP contribution in [0.3, 0.4) is 0 Å². The molecular weight excluding hydrogens is 264 g/mol. The summed E-state index contributed by atoms with van der Waals surface area (Å²) >= 11 is 0. The summed E-state index contributed by atoms with van der Waals surface area (Å²) in [6.07, 6.45) is 1.47. The van der Waals surface area contributed by atoms with Crippen LogP contribution in [0.2, 0.25) is 0 Å². The highest BCUT2D eigenvalue weighted by molar-refractivity contribution is 7.89. The van der Waals surface area contributed by atoms with Crippen molar-refractivity contribution in [3.63, 3.8) is 0 Å². The van der Waals surface area contributed by atoms with Crippen LogP contribution in [0.25, 0.3) is 0 Å². The molecule has 0 heterocycles. The molecule has 0 aliphatic carbocycles. The molecule has 1 aromatic rings. The van der Waals surface area contributed by atoms with Gasteiger partial charge in [-0.05, 0) is 24.3 Å². The van der Waals surface area contributed by atoms with Gasteiger partial charge in [0.25, 0.3) is 0 Å². The van der Waals surface area contributed by atoms with Crippen molar-refractivity contribution in [3.05, 3.63) is 36.9 Å². The first kappa shape index (κ1) is 15.4. The first-order valence-corrected chi connectivity index (χ1v) is 7.36. The fourth-order valence-corrected chi connectivity index (χ4v) is 2.25. The molecule has 0 saturated heterocycles. The predicted molar refractivity (Wildman–Crippen MR) is 75.3 cm³/mol. The van der Waals surface area contributed by atoms with E-state index in [0.29, 0.717) is 5.69 Å². The monoisotopic (exact) mass is 282 g/mol. The summed E-state index contributed by atoms with van der Waals surface area (Å²) in [5, 5.41) is 2.69. The van der Waals surface area contributed by atoms with Crippen LogP contribution in [0.15, 0.2) is 41.8 Å². The Morgan fingerprint density at radius 1 is 1.32 bits per heavy atom. The third-order valence-electron chi connectivity index (χ3n) is 2.37. The first-order valence-electron chi connectivity index (χ1n) is 5.88. The van der Waals surface area contributed by atoms with Crippen LogP contribution < -0.4 is 10.0 Å². The molecule has 0 saturated carbocycles. The van der Waals surface area contributed by atoms with Crippen LogP contribution in [0.1, 0.15) is 13.8 Å². The molecule has 5 nitrogen and oxygen atoms in total. The van der Waals surface area contributed by atoms with Crippen LogP contribution in [0, 0.1) is 5.92 Å². The largest absolute Gasteiger partial charge is 0.326 e. The van der Waals surface area contributed by atoms with Crippen molar-refractivity contribution < 1.29 is 13.2 Å². The number of anilines is 1. The maximum Gasteiger partial charge on any atom is 0.240 e. The number of carbonyl (C=O) groups is 1. The number of amides is 1. The second-order valence-corrected chi connectivity index (χ2v) is 6.08. The number of nitrogens with one attached hydrogen (secondary N) is 2. The van der Waals surface area contributed by atoms with E-state index < -0.39 is 10.0 Å². The Hall–Kier alpha value is -1.66. The lowest BCUT2D eigenvalue weighted by Gasteiger charge is -2.09. The van der Waals surface area contributed by atoms with Gasteiger partial charge in [-0.2, -0.15) is 0 Å². The Kier molecular flexibility index (Phi) is 5.26. The Morgan fingerprint density at radius 3 is 2.37 bits per heavy atom. The lowest BCUT2D eigenvalue weighted by Crippen LogP contribution is -2.23. The smallest absolute Gasteiger partial charge is 0.240 e. The van der Waals surface area contributed by atoms with Crippen LogP contribution >= 0.6 is 0 Å². The molecular formula is C13H18N2O3S. The normalized spacial score (nSPS) is 11.3. The van der Waals surface area contributed by atoms with E-state index >= 15 is 0 Å². The van der Waals surface area contributed by atoms with Gasteiger partial charge < -0.3 is 5.32 Å². The topological polar surface area (TPSA) is 75.3 Å². The van der Waals surface area contributed by atoms with Gasteiger partial charge in [-0.15, -0.1) is 6.58 Å². The number of carbonyl (C=O) groups excluding carboxylic acids is 1. The second kappa shape index (κ2) is 6.49. The molecule has 6 heteroatoms. The van der Waals surface area contributed by atoms with Crippen molar-refractivity contribution in [1.29, 1.82) is 0 Å². The Bertz CT molecular complexity index is 548. The van der Waals surface area contributed by atoms with Gasteiger partial charge in [0, 0.05) is 18.2 Å². The van der Waals surface area contributed by atoms with E-state index in [1.165, 1.54) is 18.2 Å². The molecule has 0 radical (unpaired) electrons. The summed E-state index contributed by atoms with van der Waals surface area (Å²) in [6, 6.07) is 6.01. The Morgan fingerprint density at radius 2 is 1.89 bits per heavy atom.